The minimum atomic E-state index is -0.0927. The second-order valence-corrected chi connectivity index (χ2v) is 5.34. The fourth-order valence-electron chi connectivity index (χ4n) is 2.31. The maximum Gasteiger partial charge on any atom is 0.251 e. The number of nitrogens with zero attached hydrogens (tertiary/aromatic N) is 2. The molecule has 5 heteroatoms. The molecule has 23 heavy (non-hydrogen) atoms. The summed E-state index contributed by atoms with van der Waals surface area (Å²) in [5.74, 6) is 0.609. The van der Waals surface area contributed by atoms with Crippen LogP contribution < -0.4 is 5.32 Å². The smallest absolute Gasteiger partial charge is 0.251 e. The van der Waals surface area contributed by atoms with Crippen LogP contribution in [-0.2, 0) is 0 Å². The van der Waals surface area contributed by atoms with Crippen LogP contribution >= 0.6 is 0 Å². The van der Waals surface area contributed by atoms with E-state index in [9.17, 15) is 4.79 Å². The lowest BCUT2D eigenvalue weighted by atomic mass is 10.0. The van der Waals surface area contributed by atoms with Crippen molar-refractivity contribution in [3.8, 4) is 11.5 Å². The van der Waals surface area contributed by atoms with E-state index in [4.69, 9.17) is 4.42 Å². The van der Waals surface area contributed by atoms with Gasteiger partial charge in [0.1, 0.15) is 0 Å². The van der Waals surface area contributed by atoms with Crippen molar-refractivity contribution in [3.63, 3.8) is 0 Å². The molecule has 0 fully saturated rings. The summed E-state index contributed by atoms with van der Waals surface area (Å²) in [4.78, 5) is 12.2. The number of hydrogen-bond donors (Lipinski definition) is 1. The number of carbonyl (C=O) groups excluding carboxylic acids is 1. The van der Waals surface area contributed by atoms with Gasteiger partial charge < -0.3 is 9.73 Å². The number of amides is 1. The second kappa shape index (κ2) is 6.87. The first-order valence-electron chi connectivity index (χ1n) is 7.44. The van der Waals surface area contributed by atoms with Gasteiger partial charge in [-0.15, -0.1) is 10.2 Å². The molecule has 1 N–H and O–H groups in total. The van der Waals surface area contributed by atoms with Crippen molar-refractivity contribution in [2.75, 3.05) is 6.54 Å². The second-order valence-electron chi connectivity index (χ2n) is 5.34. The molecule has 0 radical (unpaired) electrons. The van der Waals surface area contributed by atoms with Crippen molar-refractivity contribution < 1.29 is 9.21 Å². The Morgan fingerprint density at radius 2 is 1.87 bits per heavy atom. The lowest BCUT2D eigenvalue weighted by Gasteiger charge is -2.13. The van der Waals surface area contributed by atoms with Gasteiger partial charge in [-0.3, -0.25) is 4.79 Å². The number of benzene rings is 2. The summed E-state index contributed by atoms with van der Waals surface area (Å²) in [5, 5.41) is 10.4. The van der Waals surface area contributed by atoms with E-state index in [-0.39, 0.29) is 11.8 Å². The van der Waals surface area contributed by atoms with Crippen LogP contribution in [0.1, 0.15) is 28.8 Å². The number of rotatable bonds is 5. The zero-order valence-corrected chi connectivity index (χ0v) is 12.8. The van der Waals surface area contributed by atoms with Crippen LogP contribution in [-0.4, -0.2) is 22.6 Å². The van der Waals surface area contributed by atoms with Gasteiger partial charge in [0.05, 0.1) is 0 Å². The predicted octanol–water partition coefficient (Wildman–Crippen LogP) is 3.27. The normalized spacial score (nSPS) is 11.9. The topological polar surface area (TPSA) is 68.0 Å². The molecule has 0 unspecified atom stereocenters. The Balaban J connectivity index is 1.60. The van der Waals surface area contributed by atoms with E-state index in [2.05, 4.69) is 34.6 Å². The highest BCUT2D eigenvalue weighted by atomic mass is 16.4. The van der Waals surface area contributed by atoms with Crippen molar-refractivity contribution in [2.24, 2.45) is 0 Å². The summed E-state index contributed by atoms with van der Waals surface area (Å²) in [7, 11) is 0. The minimum absolute atomic E-state index is 0.0927. The molecule has 0 spiro atoms. The highest BCUT2D eigenvalue weighted by molar-refractivity contribution is 5.94. The molecule has 0 aliphatic heterocycles. The highest BCUT2D eigenvalue weighted by Gasteiger charge is 2.10. The lowest BCUT2D eigenvalue weighted by molar-refractivity contribution is 0.0951. The van der Waals surface area contributed by atoms with E-state index < -0.39 is 0 Å². The van der Waals surface area contributed by atoms with Crippen LogP contribution in [0.25, 0.3) is 11.5 Å². The maximum atomic E-state index is 12.2. The Morgan fingerprint density at radius 3 is 2.52 bits per heavy atom. The Bertz CT molecular complexity index is 753. The highest BCUT2D eigenvalue weighted by Crippen LogP contribution is 2.17. The van der Waals surface area contributed by atoms with Gasteiger partial charge in [-0.2, -0.15) is 0 Å². The Morgan fingerprint density at radius 1 is 1.13 bits per heavy atom. The van der Waals surface area contributed by atoms with Crippen molar-refractivity contribution in [3.05, 3.63) is 72.1 Å². The summed E-state index contributed by atoms with van der Waals surface area (Å²) in [6.45, 7) is 2.68. The number of aromatic nitrogens is 2. The first-order valence-corrected chi connectivity index (χ1v) is 7.44. The third kappa shape index (κ3) is 3.63. The number of nitrogens with one attached hydrogen (secondary N) is 1. The summed E-state index contributed by atoms with van der Waals surface area (Å²) in [6, 6.07) is 17.2. The van der Waals surface area contributed by atoms with Crippen LogP contribution in [0, 0.1) is 0 Å². The van der Waals surface area contributed by atoms with Gasteiger partial charge in [0.15, 0.2) is 0 Å². The van der Waals surface area contributed by atoms with E-state index in [0.717, 1.165) is 5.56 Å². The Labute approximate surface area is 134 Å². The molecular weight excluding hydrogens is 290 g/mol. The molecule has 1 amide bonds. The average Bonchev–Trinajstić information content (AvgIpc) is 3.15. The molecule has 0 saturated heterocycles. The fraction of sp³-hybridized carbons (Fsp3) is 0.167. The summed E-state index contributed by atoms with van der Waals surface area (Å²) in [5.41, 5.74) is 2.60. The van der Waals surface area contributed by atoms with Crippen LogP contribution in [0.4, 0.5) is 0 Å². The van der Waals surface area contributed by atoms with Crippen molar-refractivity contribution in [1.82, 2.24) is 15.5 Å². The zero-order chi connectivity index (χ0) is 16.1. The lowest BCUT2D eigenvalue weighted by Crippen LogP contribution is -2.27. The molecule has 1 heterocycles. The third-order valence-electron chi connectivity index (χ3n) is 3.69. The molecule has 5 nitrogen and oxygen atoms in total. The molecule has 0 saturated carbocycles. The van der Waals surface area contributed by atoms with Crippen molar-refractivity contribution in [2.45, 2.75) is 12.8 Å². The molecule has 3 rings (SSSR count). The molecule has 1 aromatic heterocycles. The van der Waals surface area contributed by atoms with Gasteiger partial charge in [-0.05, 0) is 35.7 Å². The van der Waals surface area contributed by atoms with Gasteiger partial charge in [0.2, 0.25) is 12.3 Å². The van der Waals surface area contributed by atoms with Crippen molar-refractivity contribution in [1.29, 1.82) is 0 Å². The third-order valence-corrected chi connectivity index (χ3v) is 3.69. The summed E-state index contributed by atoms with van der Waals surface area (Å²) < 4.78 is 5.13. The van der Waals surface area contributed by atoms with Gasteiger partial charge in [0, 0.05) is 17.7 Å². The van der Waals surface area contributed by atoms with Crippen LogP contribution in [0.5, 0.6) is 0 Å². The number of carbonyl (C=O) groups is 1. The molecule has 0 aliphatic rings. The van der Waals surface area contributed by atoms with E-state index >= 15 is 0 Å². The van der Waals surface area contributed by atoms with Gasteiger partial charge in [-0.25, -0.2) is 0 Å². The minimum Gasteiger partial charge on any atom is -0.423 e. The van der Waals surface area contributed by atoms with Crippen LogP contribution in [0.15, 0.2) is 65.4 Å². The average molecular weight is 307 g/mol. The maximum absolute atomic E-state index is 12.2. The number of hydrogen-bond acceptors (Lipinski definition) is 4. The van der Waals surface area contributed by atoms with Crippen LogP contribution in [0.3, 0.4) is 0 Å². The monoisotopic (exact) mass is 307 g/mol. The van der Waals surface area contributed by atoms with Crippen molar-refractivity contribution >= 4 is 5.91 Å². The Kier molecular flexibility index (Phi) is 4.47. The molecule has 2 aromatic carbocycles. The van der Waals surface area contributed by atoms with E-state index in [0.29, 0.717) is 18.0 Å². The van der Waals surface area contributed by atoms with Gasteiger partial charge in [-0.1, -0.05) is 37.3 Å². The predicted molar refractivity (Wildman–Crippen MR) is 86.9 cm³/mol. The standard InChI is InChI=1S/C18H17N3O2/c1-13(14-5-3-2-4-6-14)11-19-17(22)15-7-9-16(10-8-15)18-21-20-12-23-18/h2-10,12-13H,11H2,1H3,(H,19,22)/t13-/m1/s1. The molecule has 116 valence electrons. The first-order chi connectivity index (χ1) is 11.2. The quantitative estimate of drug-likeness (QED) is 0.785. The largest absolute Gasteiger partial charge is 0.423 e. The first kappa shape index (κ1) is 15.0. The zero-order valence-electron chi connectivity index (χ0n) is 12.8. The molecule has 3 aromatic rings. The molecule has 0 bridgehead atoms. The van der Waals surface area contributed by atoms with Gasteiger partial charge in [0.25, 0.3) is 5.91 Å². The SMILES string of the molecule is C[C@H](CNC(=O)c1ccc(-c2nnco2)cc1)c1ccccc1. The van der Waals surface area contributed by atoms with E-state index in [1.165, 1.54) is 12.0 Å². The fourth-order valence-corrected chi connectivity index (χ4v) is 2.31. The molecule has 0 aliphatic carbocycles. The van der Waals surface area contributed by atoms with E-state index in [1.807, 2.05) is 18.2 Å². The van der Waals surface area contributed by atoms with Gasteiger partial charge >= 0.3 is 0 Å². The molecule has 1 atom stereocenters. The van der Waals surface area contributed by atoms with E-state index in [1.54, 1.807) is 24.3 Å². The van der Waals surface area contributed by atoms with Crippen LogP contribution in [0.2, 0.25) is 0 Å². The Hall–Kier alpha value is -2.95. The molecular formula is C18H17N3O2. The summed E-state index contributed by atoms with van der Waals surface area (Å²) >= 11 is 0. The summed E-state index contributed by atoms with van der Waals surface area (Å²) in [6.07, 6.45) is 1.28.